The van der Waals surface area contributed by atoms with E-state index in [4.69, 9.17) is 0 Å². The fourth-order valence-corrected chi connectivity index (χ4v) is 4.64. The van der Waals surface area contributed by atoms with Crippen LogP contribution >= 0.6 is 0 Å². The van der Waals surface area contributed by atoms with Crippen LogP contribution in [0.5, 0.6) is 0 Å². The van der Waals surface area contributed by atoms with Crippen LogP contribution in [0.15, 0.2) is 66.9 Å². The lowest BCUT2D eigenvalue weighted by molar-refractivity contribution is 0.0470. The third-order valence-corrected chi connectivity index (χ3v) is 6.81. The van der Waals surface area contributed by atoms with E-state index >= 15 is 0 Å². The predicted molar refractivity (Wildman–Crippen MR) is 131 cm³/mol. The molecule has 0 aliphatic carbocycles. The van der Waals surface area contributed by atoms with E-state index in [1.807, 2.05) is 19.1 Å². The molecule has 1 fully saturated rings. The highest BCUT2D eigenvalue weighted by Gasteiger charge is 2.35. The van der Waals surface area contributed by atoms with Crippen molar-refractivity contribution in [3.05, 3.63) is 100 Å². The van der Waals surface area contributed by atoms with E-state index in [0.29, 0.717) is 12.3 Å². The van der Waals surface area contributed by atoms with Gasteiger partial charge in [-0.15, -0.1) is 0 Å². The normalized spacial score (nSPS) is 15.9. The molecule has 1 saturated heterocycles. The van der Waals surface area contributed by atoms with E-state index in [0.717, 1.165) is 24.3 Å². The fraction of sp³-hybridized carbons (Fsp3) is 0.379. The second-order valence-electron chi connectivity index (χ2n) is 10.2. The van der Waals surface area contributed by atoms with Gasteiger partial charge in [0.2, 0.25) is 0 Å². The number of ketones is 1. The van der Waals surface area contributed by atoms with Crippen LogP contribution in [-0.4, -0.2) is 34.3 Å². The van der Waals surface area contributed by atoms with Crippen molar-refractivity contribution < 1.29 is 4.79 Å². The Morgan fingerprint density at radius 1 is 1.03 bits per heavy atom. The quantitative estimate of drug-likeness (QED) is 0.434. The molecule has 0 radical (unpaired) electrons. The molecule has 2 heterocycles. The summed E-state index contributed by atoms with van der Waals surface area (Å²) in [5.74, 6) is 0.799. The van der Waals surface area contributed by atoms with Crippen LogP contribution in [0.25, 0.3) is 0 Å². The minimum absolute atomic E-state index is 0.0404. The zero-order chi connectivity index (χ0) is 22.9. The van der Waals surface area contributed by atoms with Crippen molar-refractivity contribution in [2.45, 2.75) is 58.4 Å². The molecule has 3 nitrogen and oxygen atoms in total. The molecule has 0 unspecified atom stereocenters. The molecule has 1 aromatic heterocycles. The molecule has 3 heteroatoms. The SMILES string of the molecule is Cc1cc(C(=O)C[C@H](c2ccc(C3CN(C(C)(C)C)C3)cc2)c2ccccc2C)ccn1. The molecule has 0 saturated carbocycles. The summed E-state index contributed by atoms with van der Waals surface area (Å²) in [6, 6.07) is 21.1. The van der Waals surface area contributed by atoms with Gasteiger partial charge in [0.15, 0.2) is 5.78 Å². The highest BCUT2D eigenvalue weighted by molar-refractivity contribution is 5.96. The average molecular weight is 427 g/mol. The Kier molecular flexibility index (Phi) is 6.30. The number of hydrogen-bond donors (Lipinski definition) is 0. The van der Waals surface area contributed by atoms with Crippen molar-refractivity contribution >= 4 is 5.78 Å². The summed E-state index contributed by atoms with van der Waals surface area (Å²) in [7, 11) is 0. The van der Waals surface area contributed by atoms with Crippen molar-refractivity contribution in [3.63, 3.8) is 0 Å². The van der Waals surface area contributed by atoms with Crippen molar-refractivity contribution in [1.29, 1.82) is 0 Å². The summed E-state index contributed by atoms with van der Waals surface area (Å²) in [5, 5.41) is 0. The van der Waals surface area contributed by atoms with E-state index in [9.17, 15) is 4.79 Å². The number of nitrogens with zero attached hydrogens (tertiary/aromatic N) is 2. The molecule has 4 rings (SSSR count). The minimum atomic E-state index is 0.0404. The number of carbonyl (C=O) groups is 1. The molecule has 0 bridgehead atoms. The van der Waals surface area contributed by atoms with E-state index in [1.54, 1.807) is 6.20 Å². The molecule has 0 amide bonds. The zero-order valence-electron chi connectivity index (χ0n) is 19.9. The maximum Gasteiger partial charge on any atom is 0.163 e. The van der Waals surface area contributed by atoms with Crippen LogP contribution < -0.4 is 0 Å². The summed E-state index contributed by atoms with van der Waals surface area (Å²) in [6.07, 6.45) is 2.18. The summed E-state index contributed by atoms with van der Waals surface area (Å²) < 4.78 is 0. The lowest BCUT2D eigenvalue weighted by Gasteiger charge is -2.48. The van der Waals surface area contributed by atoms with Gasteiger partial charge < -0.3 is 0 Å². The Balaban J connectivity index is 1.58. The molecule has 32 heavy (non-hydrogen) atoms. The largest absolute Gasteiger partial charge is 0.297 e. The van der Waals surface area contributed by atoms with Gasteiger partial charge in [-0.1, -0.05) is 48.5 Å². The van der Waals surface area contributed by atoms with Gasteiger partial charge in [-0.3, -0.25) is 14.7 Å². The van der Waals surface area contributed by atoms with Crippen LogP contribution in [0.4, 0.5) is 0 Å². The van der Waals surface area contributed by atoms with E-state index in [1.165, 1.54) is 22.3 Å². The molecular formula is C29H34N2O. The molecule has 0 spiro atoms. The number of likely N-dealkylation sites (tertiary alicyclic amines) is 1. The third kappa shape index (κ3) is 4.83. The number of aryl methyl sites for hydroxylation is 2. The number of aromatic nitrogens is 1. The van der Waals surface area contributed by atoms with Crippen LogP contribution in [-0.2, 0) is 0 Å². The highest BCUT2D eigenvalue weighted by atomic mass is 16.1. The Morgan fingerprint density at radius 2 is 1.72 bits per heavy atom. The summed E-state index contributed by atoms with van der Waals surface area (Å²) >= 11 is 0. The van der Waals surface area contributed by atoms with Gasteiger partial charge in [0.1, 0.15) is 0 Å². The number of carbonyl (C=O) groups excluding carboxylic acids is 1. The van der Waals surface area contributed by atoms with Crippen LogP contribution in [0.2, 0.25) is 0 Å². The fourth-order valence-electron chi connectivity index (χ4n) is 4.64. The molecule has 1 atom stereocenters. The maximum atomic E-state index is 13.2. The van der Waals surface area contributed by atoms with Gasteiger partial charge in [-0.2, -0.15) is 0 Å². The number of benzene rings is 2. The van der Waals surface area contributed by atoms with Gasteiger partial charge in [0, 0.05) is 54.3 Å². The van der Waals surface area contributed by atoms with Gasteiger partial charge in [-0.05, 0) is 69.0 Å². The van der Waals surface area contributed by atoms with Gasteiger partial charge >= 0.3 is 0 Å². The van der Waals surface area contributed by atoms with Crippen molar-refractivity contribution in [1.82, 2.24) is 9.88 Å². The summed E-state index contributed by atoms with van der Waals surface area (Å²) in [6.45, 7) is 13.1. The first-order valence-electron chi connectivity index (χ1n) is 11.6. The minimum Gasteiger partial charge on any atom is -0.297 e. The highest BCUT2D eigenvalue weighted by Crippen LogP contribution is 2.35. The lowest BCUT2D eigenvalue weighted by atomic mass is 9.82. The van der Waals surface area contributed by atoms with E-state index < -0.39 is 0 Å². The molecule has 3 aromatic rings. The van der Waals surface area contributed by atoms with Gasteiger partial charge in [0.05, 0.1) is 0 Å². The van der Waals surface area contributed by atoms with Crippen LogP contribution in [0.1, 0.15) is 77.3 Å². The third-order valence-electron chi connectivity index (χ3n) is 6.81. The standard InChI is InChI=1S/C29H34N2O/c1-20-8-6-7-9-26(20)27(17-28(32)24-14-15-30-21(2)16-24)23-12-10-22(11-13-23)25-18-31(19-25)29(3,4)5/h6-16,25,27H,17-19H2,1-5H3/t27-/m1/s1. The Hall–Kier alpha value is -2.78. The zero-order valence-corrected chi connectivity index (χ0v) is 19.9. The first-order valence-corrected chi connectivity index (χ1v) is 11.6. The van der Waals surface area contributed by atoms with E-state index in [-0.39, 0.29) is 17.2 Å². The van der Waals surface area contributed by atoms with E-state index in [2.05, 4.69) is 86.1 Å². The maximum absolute atomic E-state index is 13.2. The van der Waals surface area contributed by atoms with Crippen molar-refractivity contribution in [3.8, 4) is 0 Å². The average Bonchev–Trinajstić information content (AvgIpc) is 2.71. The molecule has 0 N–H and O–H groups in total. The van der Waals surface area contributed by atoms with Gasteiger partial charge in [-0.25, -0.2) is 0 Å². The van der Waals surface area contributed by atoms with Crippen molar-refractivity contribution in [2.75, 3.05) is 13.1 Å². The summed E-state index contributed by atoms with van der Waals surface area (Å²) in [4.78, 5) is 20.0. The Labute approximate surface area is 192 Å². The second-order valence-corrected chi connectivity index (χ2v) is 10.2. The smallest absolute Gasteiger partial charge is 0.163 e. The van der Waals surface area contributed by atoms with Gasteiger partial charge in [0.25, 0.3) is 0 Å². The number of Topliss-reactive ketones (excluding diaryl/α,β-unsaturated/α-hetero) is 1. The predicted octanol–water partition coefficient (Wildman–Crippen LogP) is 6.30. The lowest BCUT2D eigenvalue weighted by Crippen LogP contribution is -2.54. The second kappa shape index (κ2) is 8.99. The number of pyridine rings is 1. The molecule has 2 aromatic carbocycles. The molecule has 166 valence electrons. The van der Waals surface area contributed by atoms with Crippen molar-refractivity contribution in [2.24, 2.45) is 0 Å². The topological polar surface area (TPSA) is 33.2 Å². The van der Waals surface area contributed by atoms with Crippen LogP contribution in [0, 0.1) is 13.8 Å². The van der Waals surface area contributed by atoms with Crippen LogP contribution in [0.3, 0.4) is 0 Å². The first-order chi connectivity index (χ1) is 15.2. The summed E-state index contributed by atoms with van der Waals surface area (Å²) in [5.41, 5.74) is 6.89. The monoisotopic (exact) mass is 426 g/mol. The number of rotatable bonds is 6. The molecule has 1 aliphatic heterocycles. The first kappa shape index (κ1) is 22.4. The molecular weight excluding hydrogens is 392 g/mol. The Bertz CT molecular complexity index is 1090. The number of hydrogen-bond acceptors (Lipinski definition) is 3. The molecule has 1 aliphatic rings. The Morgan fingerprint density at radius 3 is 2.34 bits per heavy atom.